The zero-order valence-corrected chi connectivity index (χ0v) is 20.9. The van der Waals surface area contributed by atoms with E-state index in [9.17, 15) is 18.0 Å². The molecule has 3 aromatic carbocycles. The van der Waals surface area contributed by atoms with Crippen molar-refractivity contribution in [3.05, 3.63) is 94.5 Å². The lowest BCUT2D eigenvalue weighted by Gasteiger charge is -2.26. The number of hydrogen-bond acceptors (Lipinski definition) is 6. The predicted molar refractivity (Wildman–Crippen MR) is 136 cm³/mol. The van der Waals surface area contributed by atoms with E-state index in [1.165, 1.54) is 22.5 Å². The molecule has 10 heteroatoms. The topological polar surface area (TPSA) is 102 Å². The van der Waals surface area contributed by atoms with E-state index in [2.05, 4.69) is 5.32 Å². The van der Waals surface area contributed by atoms with Crippen molar-refractivity contribution in [2.45, 2.75) is 11.3 Å². The average Bonchev–Trinajstić information content (AvgIpc) is 2.90. The Kier molecular flexibility index (Phi) is 8.37. The monoisotopic (exact) mass is 528 g/mol. The zero-order valence-electron chi connectivity index (χ0n) is 19.4. The minimum absolute atomic E-state index is 0.00376. The van der Waals surface area contributed by atoms with Crippen LogP contribution >= 0.6 is 11.6 Å². The van der Waals surface area contributed by atoms with Crippen molar-refractivity contribution in [2.24, 2.45) is 0 Å². The maximum atomic E-state index is 12.9. The molecule has 0 atom stereocenters. The molecule has 1 amide bonds. The molecule has 36 heavy (non-hydrogen) atoms. The molecule has 0 aliphatic carbocycles. The van der Waals surface area contributed by atoms with Gasteiger partial charge >= 0.3 is 5.97 Å². The summed E-state index contributed by atoms with van der Waals surface area (Å²) in [5.41, 5.74) is 2.29. The van der Waals surface area contributed by atoms with Gasteiger partial charge in [-0.3, -0.25) is 4.79 Å². The van der Waals surface area contributed by atoms with Gasteiger partial charge in [-0.15, -0.1) is 0 Å². The van der Waals surface area contributed by atoms with Crippen molar-refractivity contribution in [1.29, 1.82) is 0 Å². The Morgan fingerprint density at radius 3 is 2.42 bits per heavy atom. The molecule has 0 bridgehead atoms. The minimum atomic E-state index is -3.77. The largest absolute Gasteiger partial charge is 0.452 e. The number of ether oxygens (including phenoxy) is 2. The van der Waals surface area contributed by atoms with Crippen molar-refractivity contribution in [2.75, 3.05) is 38.2 Å². The first-order chi connectivity index (χ1) is 17.3. The fourth-order valence-electron chi connectivity index (χ4n) is 3.78. The summed E-state index contributed by atoms with van der Waals surface area (Å²) >= 11 is 6.18. The summed E-state index contributed by atoms with van der Waals surface area (Å²) in [6.07, 6.45) is 0.540. The highest BCUT2D eigenvalue weighted by atomic mass is 35.5. The van der Waals surface area contributed by atoms with Crippen LogP contribution in [0.25, 0.3) is 0 Å². The van der Waals surface area contributed by atoms with Crippen LogP contribution in [0.2, 0.25) is 5.02 Å². The van der Waals surface area contributed by atoms with Gasteiger partial charge in [0.15, 0.2) is 6.61 Å². The SMILES string of the molecule is O=C(COC(=O)c1ccccc1Cc1ccccc1)Nc1cc(S(=O)(=O)N2CCOCC2)ccc1Cl. The molecule has 0 spiro atoms. The zero-order chi connectivity index (χ0) is 25.5. The van der Waals surface area contributed by atoms with Crippen molar-refractivity contribution in [1.82, 2.24) is 4.31 Å². The van der Waals surface area contributed by atoms with E-state index in [4.69, 9.17) is 21.1 Å². The Morgan fingerprint density at radius 1 is 0.972 bits per heavy atom. The van der Waals surface area contributed by atoms with Gasteiger partial charge in [-0.25, -0.2) is 13.2 Å². The Labute approximate surface area is 214 Å². The lowest BCUT2D eigenvalue weighted by molar-refractivity contribution is -0.119. The first kappa shape index (κ1) is 25.8. The molecular formula is C26H25ClN2O6S. The number of carbonyl (C=O) groups is 2. The Balaban J connectivity index is 1.40. The highest BCUT2D eigenvalue weighted by Gasteiger charge is 2.27. The summed E-state index contributed by atoms with van der Waals surface area (Å²) in [6, 6.07) is 20.8. The van der Waals surface area contributed by atoms with E-state index in [0.29, 0.717) is 25.2 Å². The average molecular weight is 529 g/mol. The van der Waals surface area contributed by atoms with Crippen LogP contribution in [0.3, 0.4) is 0 Å². The third kappa shape index (κ3) is 6.30. The third-order valence-electron chi connectivity index (χ3n) is 5.63. The molecule has 8 nitrogen and oxygen atoms in total. The van der Waals surface area contributed by atoms with Crippen molar-refractivity contribution >= 4 is 39.2 Å². The van der Waals surface area contributed by atoms with E-state index in [0.717, 1.165) is 11.1 Å². The van der Waals surface area contributed by atoms with Gasteiger partial charge in [-0.2, -0.15) is 4.31 Å². The first-order valence-corrected chi connectivity index (χ1v) is 13.1. The molecule has 1 heterocycles. The highest BCUT2D eigenvalue weighted by molar-refractivity contribution is 7.89. The molecule has 1 aliphatic rings. The number of halogens is 1. The number of anilines is 1. The second-order valence-corrected chi connectivity index (χ2v) is 10.4. The number of sulfonamides is 1. The van der Waals surface area contributed by atoms with E-state index in [-0.39, 0.29) is 28.7 Å². The number of nitrogens with zero attached hydrogens (tertiary/aromatic N) is 1. The van der Waals surface area contributed by atoms with Crippen LogP contribution in [-0.4, -0.2) is 57.5 Å². The summed E-state index contributed by atoms with van der Waals surface area (Å²) < 4.78 is 37.6. The van der Waals surface area contributed by atoms with Crippen molar-refractivity contribution < 1.29 is 27.5 Å². The van der Waals surface area contributed by atoms with Crippen LogP contribution in [0, 0.1) is 0 Å². The molecule has 1 fully saturated rings. The number of nitrogens with one attached hydrogen (secondary N) is 1. The number of rotatable bonds is 8. The van der Waals surface area contributed by atoms with Crippen LogP contribution in [0.5, 0.6) is 0 Å². The molecule has 188 valence electrons. The fourth-order valence-corrected chi connectivity index (χ4v) is 5.38. The standard InChI is InChI=1S/C26H25ClN2O6S/c27-23-11-10-21(36(32,33)29-12-14-34-15-13-29)17-24(23)28-25(30)18-35-26(31)22-9-5-4-8-20(22)16-19-6-2-1-3-7-19/h1-11,17H,12-16,18H2,(H,28,30). The molecular weight excluding hydrogens is 504 g/mol. The maximum Gasteiger partial charge on any atom is 0.338 e. The third-order valence-corrected chi connectivity index (χ3v) is 7.85. The summed E-state index contributed by atoms with van der Waals surface area (Å²) in [6.45, 7) is 0.560. The van der Waals surface area contributed by atoms with Crippen molar-refractivity contribution in [3.63, 3.8) is 0 Å². The van der Waals surface area contributed by atoms with E-state index in [1.807, 2.05) is 42.5 Å². The Hall–Kier alpha value is -3.24. The van der Waals surface area contributed by atoms with Gasteiger partial charge in [0, 0.05) is 13.1 Å². The smallest absolute Gasteiger partial charge is 0.338 e. The Morgan fingerprint density at radius 2 is 1.67 bits per heavy atom. The summed E-state index contributed by atoms with van der Waals surface area (Å²) in [5.74, 6) is -1.28. The van der Waals surface area contributed by atoms with Crippen LogP contribution in [0.1, 0.15) is 21.5 Å². The second-order valence-electron chi connectivity index (χ2n) is 8.10. The number of morpholine rings is 1. The van der Waals surface area contributed by atoms with Gasteiger partial charge in [0.25, 0.3) is 5.91 Å². The van der Waals surface area contributed by atoms with Crippen LogP contribution in [-0.2, 0) is 30.7 Å². The summed E-state index contributed by atoms with van der Waals surface area (Å²) in [4.78, 5) is 25.2. The van der Waals surface area contributed by atoms with E-state index < -0.39 is 28.5 Å². The lowest BCUT2D eigenvalue weighted by atomic mass is 10.00. The number of amides is 1. The van der Waals surface area contributed by atoms with Crippen molar-refractivity contribution in [3.8, 4) is 0 Å². The van der Waals surface area contributed by atoms with Gasteiger partial charge < -0.3 is 14.8 Å². The first-order valence-electron chi connectivity index (χ1n) is 11.3. The van der Waals surface area contributed by atoms with Gasteiger partial charge in [0.05, 0.1) is 34.4 Å². The fraction of sp³-hybridized carbons (Fsp3) is 0.231. The van der Waals surface area contributed by atoms with Gasteiger partial charge in [0.1, 0.15) is 0 Å². The molecule has 0 saturated carbocycles. The normalized spacial score (nSPS) is 14.2. The molecule has 4 rings (SSSR count). The van der Waals surface area contributed by atoms with Crippen LogP contribution < -0.4 is 5.32 Å². The van der Waals surface area contributed by atoms with E-state index in [1.54, 1.807) is 12.1 Å². The summed E-state index contributed by atoms with van der Waals surface area (Å²) in [7, 11) is -3.77. The molecule has 1 N–H and O–H groups in total. The molecule has 1 saturated heterocycles. The minimum Gasteiger partial charge on any atom is -0.452 e. The maximum absolute atomic E-state index is 12.9. The van der Waals surface area contributed by atoms with Crippen LogP contribution in [0.4, 0.5) is 5.69 Å². The molecule has 0 unspecified atom stereocenters. The number of carbonyl (C=O) groups excluding carboxylic acids is 2. The number of hydrogen-bond donors (Lipinski definition) is 1. The predicted octanol–water partition coefficient (Wildman–Crippen LogP) is 3.75. The van der Waals surface area contributed by atoms with Crippen LogP contribution in [0.15, 0.2) is 77.7 Å². The van der Waals surface area contributed by atoms with Gasteiger partial charge in [0.2, 0.25) is 10.0 Å². The quantitative estimate of drug-likeness (QED) is 0.447. The lowest BCUT2D eigenvalue weighted by Crippen LogP contribution is -2.40. The van der Waals surface area contributed by atoms with E-state index >= 15 is 0 Å². The number of esters is 1. The highest BCUT2D eigenvalue weighted by Crippen LogP contribution is 2.27. The number of benzene rings is 3. The van der Waals surface area contributed by atoms with Gasteiger partial charge in [-0.1, -0.05) is 60.1 Å². The summed E-state index contributed by atoms with van der Waals surface area (Å²) in [5, 5.41) is 2.69. The van der Waals surface area contributed by atoms with Gasteiger partial charge in [-0.05, 0) is 41.8 Å². The molecule has 0 aromatic heterocycles. The molecule has 0 radical (unpaired) electrons. The molecule has 3 aromatic rings. The Bertz CT molecular complexity index is 1340. The second kappa shape index (κ2) is 11.7. The molecule has 1 aliphatic heterocycles.